The summed E-state index contributed by atoms with van der Waals surface area (Å²) < 4.78 is 2.03. The molecule has 3 aromatic rings. The second-order valence-electron chi connectivity index (χ2n) is 3.82. The van der Waals surface area contributed by atoms with Crippen molar-refractivity contribution in [1.82, 2.24) is 19.7 Å². The SMILES string of the molecule is CCn1cnnc1-c1ccnc2ccccc12. The van der Waals surface area contributed by atoms with E-state index in [1.54, 1.807) is 6.33 Å². The Labute approximate surface area is 98.9 Å². The Hall–Kier alpha value is -2.23. The molecule has 0 spiro atoms. The van der Waals surface area contributed by atoms with Crippen LogP contribution in [0.1, 0.15) is 6.92 Å². The molecule has 0 aliphatic carbocycles. The van der Waals surface area contributed by atoms with Crippen molar-refractivity contribution in [2.24, 2.45) is 0 Å². The van der Waals surface area contributed by atoms with E-state index in [-0.39, 0.29) is 0 Å². The average Bonchev–Trinajstić information content (AvgIpc) is 2.86. The van der Waals surface area contributed by atoms with E-state index in [4.69, 9.17) is 0 Å². The van der Waals surface area contributed by atoms with E-state index in [1.807, 2.05) is 35.0 Å². The third kappa shape index (κ3) is 1.58. The Kier molecular flexibility index (Phi) is 2.33. The number of fused-ring (bicyclic) bond motifs is 1. The van der Waals surface area contributed by atoms with Crippen molar-refractivity contribution >= 4 is 10.9 Å². The number of nitrogens with zero attached hydrogens (tertiary/aromatic N) is 4. The Morgan fingerprint density at radius 1 is 1.18 bits per heavy atom. The van der Waals surface area contributed by atoms with E-state index in [0.29, 0.717) is 0 Å². The highest BCUT2D eigenvalue weighted by molar-refractivity contribution is 5.92. The summed E-state index contributed by atoms with van der Waals surface area (Å²) in [5.74, 6) is 0.895. The van der Waals surface area contributed by atoms with E-state index < -0.39 is 0 Å². The smallest absolute Gasteiger partial charge is 0.164 e. The van der Waals surface area contributed by atoms with Crippen LogP contribution in [0.4, 0.5) is 0 Å². The lowest BCUT2D eigenvalue weighted by Crippen LogP contribution is -1.96. The third-order valence-electron chi connectivity index (χ3n) is 2.85. The molecule has 17 heavy (non-hydrogen) atoms. The first-order valence-corrected chi connectivity index (χ1v) is 5.62. The Morgan fingerprint density at radius 3 is 2.94 bits per heavy atom. The molecule has 2 heterocycles. The number of aryl methyl sites for hydroxylation is 1. The van der Waals surface area contributed by atoms with E-state index >= 15 is 0 Å². The molecule has 3 rings (SSSR count). The summed E-state index contributed by atoms with van der Waals surface area (Å²) in [5, 5.41) is 9.27. The maximum absolute atomic E-state index is 4.35. The van der Waals surface area contributed by atoms with Crippen LogP contribution in [-0.2, 0) is 6.54 Å². The Morgan fingerprint density at radius 2 is 2.06 bits per heavy atom. The number of benzene rings is 1. The van der Waals surface area contributed by atoms with Gasteiger partial charge in [0, 0.05) is 23.7 Å². The molecule has 0 radical (unpaired) electrons. The van der Waals surface area contributed by atoms with Crippen molar-refractivity contribution < 1.29 is 0 Å². The highest BCUT2D eigenvalue weighted by atomic mass is 15.3. The topological polar surface area (TPSA) is 43.6 Å². The van der Waals surface area contributed by atoms with E-state index in [2.05, 4.69) is 28.2 Å². The maximum Gasteiger partial charge on any atom is 0.164 e. The van der Waals surface area contributed by atoms with Crippen LogP contribution < -0.4 is 0 Å². The molecule has 84 valence electrons. The summed E-state index contributed by atoms with van der Waals surface area (Å²) in [7, 11) is 0. The summed E-state index contributed by atoms with van der Waals surface area (Å²) >= 11 is 0. The van der Waals surface area contributed by atoms with Gasteiger partial charge >= 0.3 is 0 Å². The molecular formula is C13H12N4. The highest BCUT2D eigenvalue weighted by Gasteiger charge is 2.09. The summed E-state index contributed by atoms with van der Waals surface area (Å²) in [6.45, 7) is 2.94. The van der Waals surface area contributed by atoms with Crippen LogP contribution in [0.25, 0.3) is 22.3 Å². The fourth-order valence-corrected chi connectivity index (χ4v) is 1.99. The van der Waals surface area contributed by atoms with Gasteiger partial charge in [-0.05, 0) is 19.1 Å². The molecule has 2 aromatic heterocycles. The minimum Gasteiger partial charge on any atom is -0.314 e. The molecule has 0 aliphatic rings. The van der Waals surface area contributed by atoms with Gasteiger partial charge in [0.1, 0.15) is 6.33 Å². The minimum absolute atomic E-state index is 0.860. The lowest BCUT2D eigenvalue weighted by atomic mass is 10.1. The van der Waals surface area contributed by atoms with Gasteiger partial charge in [0.15, 0.2) is 5.82 Å². The van der Waals surface area contributed by atoms with Gasteiger partial charge in [-0.25, -0.2) is 0 Å². The van der Waals surface area contributed by atoms with Gasteiger partial charge in [-0.1, -0.05) is 18.2 Å². The zero-order valence-electron chi connectivity index (χ0n) is 9.54. The molecule has 0 bridgehead atoms. The van der Waals surface area contributed by atoms with Gasteiger partial charge in [0.2, 0.25) is 0 Å². The molecule has 0 unspecified atom stereocenters. The first kappa shape index (κ1) is 9.96. The molecule has 0 saturated carbocycles. The van der Waals surface area contributed by atoms with E-state index in [1.165, 1.54) is 0 Å². The summed E-state index contributed by atoms with van der Waals surface area (Å²) in [6, 6.07) is 10.1. The van der Waals surface area contributed by atoms with Crippen LogP contribution in [0, 0.1) is 0 Å². The summed E-state index contributed by atoms with van der Waals surface area (Å²) in [6.07, 6.45) is 3.57. The van der Waals surface area contributed by atoms with Gasteiger partial charge in [-0.2, -0.15) is 0 Å². The molecule has 0 N–H and O–H groups in total. The fourth-order valence-electron chi connectivity index (χ4n) is 1.99. The number of pyridine rings is 1. The third-order valence-corrected chi connectivity index (χ3v) is 2.85. The lowest BCUT2D eigenvalue weighted by molar-refractivity contribution is 0.767. The van der Waals surface area contributed by atoms with Crippen molar-refractivity contribution in [3.8, 4) is 11.4 Å². The molecule has 0 aliphatic heterocycles. The monoisotopic (exact) mass is 224 g/mol. The lowest BCUT2D eigenvalue weighted by Gasteiger charge is -2.06. The first-order valence-electron chi connectivity index (χ1n) is 5.62. The fraction of sp³-hybridized carbons (Fsp3) is 0.154. The van der Waals surface area contributed by atoms with Gasteiger partial charge in [0.25, 0.3) is 0 Å². The molecule has 1 aromatic carbocycles. The number of para-hydroxylation sites is 1. The van der Waals surface area contributed by atoms with Crippen molar-refractivity contribution in [2.75, 3.05) is 0 Å². The van der Waals surface area contributed by atoms with Gasteiger partial charge in [-0.15, -0.1) is 10.2 Å². The molecule has 4 heteroatoms. The van der Waals surface area contributed by atoms with Crippen LogP contribution in [-0.4, -0.2) is 19.7 Å². The minimum atomic E-state index is 0.860. The predicted octanol–water partition coefficient (Wildman–Crippen LogP) is 2.51. The number of hydrogen-bond acceptors (Lipinski definition) is 3. The van der Waals surface area contributed by atoms with Crippen molar-refractivity contribution in [3.63, 3.8) is 0 Å². The largest absolute Gasteiger partial charge is 0.314 e. The normalized spacial score (nSPS) is 10.9. The highest BCUT2D eigenvalue weighted by Crippen LogP contribution is 2.25. The van der Waals surface area contributed by atoms with Crippen molar-refractivity contribution in [1.29, 1.82) is 0 Å². The van der Waals surface area contributed by atoms with Crippen molar-refractivity contribution in [2.45, 2.75) is 13.5 Å². The van der Waals surface area contributed by atoms with Crippen LogP contribution >= 0.6 is 0 Å². The number of rotatable bonds is 2. The zero-order chi connectivity index (χ0) is 11.7. The maximum atomic E-state index is 4.35. The second kappa shape index (κ2) is 3.97. The number of hydrogen-bond donors (Lipinski definition) is 0. The van der Waals surface area contributed by atoms with Crippen LogP contribution in [0.5, 0.6) is 0 Å². The standard InChI is InChI=1S/C13H12N4/c1-2-17-9-15-16-13(17)11-7-8-14-12-6-4-3-5-10(11)12/h3-9H,2H2,1H3. The Balaban J connectivity index is 2.31. The Bertz CT molecular complexity index is 652. The molecule has 0 amide bonds. The quantitative estimate of drug-likeness (QED) is 0.671. The second-order valence-corrected chi connectivity index (χ2v) is 3.82. The molecule has 4 nitrogen and oxygen atoms in total. The number of aromatic nitrogens is 4. The average molecular weight is 224 g/mol. The van der Waals surface area contributed by atoms with Gasteiger partial charge in [-0.3, -0.25) is 4.98 Å². The van der Waals surface area contributed by atoms with Gasteiger partial charge in [0.05, 0.1) is 5.52 Å². The summed E-state index contributed by atoms with van der Waals surface area (Å²) in [5.41, 5.74) is 2.06. The zero-order valence-corrected chi connectivity index (χ0v) is 9.54. The van der Waals surface area contributed by atoms with E-state index in [0.717, 1.165) is 28.8 Å². The molecule has 0 saturated heterocycles. The van der Waals surface area contributed by atoms with E-state index in [9.17, 15) is 0 Å². The molecule has 0 fully saturated rings. The van der Waals surface area contributed by atoms with Crippen molar-refractivity contribution in [3.05, 3.63) is 42.9 Å². The van der Waals surface area contributed by atoms with Crippen LogP contribution in [0.3, 0.4) is 0 Å². The molecule has 0 atom stereocenters. The first-order chi connectivity index (χ1) is 8.40. The van der Waals surface area contributed by atoms with Crippen LogP contribution in [0.2, 0.25) is 0 Å². The predicted molar refractivity (Wildman–Crippen MR) is 66.4 cm³/mol. The molecular weight excluding hydrogens is 212 g/mol. The van der Waals surface area contributed by atoms with Gasteiger partial charge < -0.3 is 4.57 Å². The van der Waals surface area contributed by atoms with Crippen LogP contribution in [0.15, 0.2) is 42.9 Å². The summed E-state index contributed by atoms with van der Waals surface area (Å²) in [4.78, 5) is 4.35.